The van der Waals surface area contributed by atoms with Crippen LogP contribution in [0.1, 0.15) is 15.9 Å². The second-order valence-corrected chi connectivity index (χ2v) is 4.98. The van der Waals surface area contributed by atoms with Gasteiger partial charge in [0.2, 0.25) is 17.8 Å². The Hall–Kier alpha value is -2.00. The summed E-state index contributed by atoms with van der Waals surface area (Å²) in [6.07, 6.45) is 1.95. The molecule has 0 spiro atoms. The number of aromatic nitrogens is 1. The lowest BCUT2D eigenvalue weighted by atomic mass is 10.1. The zero-order valence-electron chi connectivity index (χ0n) is 11.8. The van der Waals surface area contributed by atoms with Gasteiger partial charge in [0, 0.05) is 23.1 Å². The summed E-state index contributed by atoms with van der Waals surface area (Å²) < 4.78 is 2.00. The van der Waals surface area contributed by atoms with Crippen molar-refractivity contribution in [2.75, 3.05) is 0 Å². The normalized spacial score (nSPS) is 10.1. The van der Waals surface area contributed by atoms with Crippen molar-refractivity contribution < 1.29 is 26.3 Å². The van der Waals surface area contributed by atoms with E-state index < -0.39 is 0 Å². The molecule has 2 nitrogen and oxygen atoms in total. The molecule has 2 aromatic carbocycles. The summed E-state index contributed by atoms with van der Waals surface area (Å²) in [5, 5.41) is 1.15. The van der Waals surface area contributed by atoms with Gasteiger partial charge in [0.05, 0.1) is 0 Å². The highest BCUT2D eigenvalue weighted by Crippen LogP contribution is 2.09. The summed E-state index contributed by atoms with van der Waals surface area (Å²) in [5.74, 6) is 0.131. The van der Waals surface area contributed by atoms with Crippen LogP contribution in [0, 0.1) is 6.92 Å². The zero-order valence-corrected chi connectivity index (χ0v) is 13.4. The third kappa shape index (κ3) is 3.37. The van der Waals surface area contributed by atoms with Gasteiger partial charge < -0.3 is 17.0 Å². The summed E-state index contributed by atoms with van der Waals surface area (Å²) in [7, 11) is 0. The molecule has 106 valence electrons. The number of benzene rings is 2. The largest absolute Gasteiger partial charge is 1.00 e. The Morgan fingerprint density at radius 1 is 0.952 bits per heavy atom. The summed E-state index contributed by atoms with van der Waals surface area (Å²) in [5.41, 5.74) is 3.01. The van der Waals surface area contributed by atoms with Gasteiger partial charge in [0.1, 0.15) is 0 Å². The number of fused-ring (bicyclic) bond motifs is 1. The Bertz CT molecular complexity index is 760. The van der Waals surface area contributed by atoms with E-state index in [2.05, 4.69) is 12.1 Å². The Labute approximate surface area is 134 Å². The van der Waals surface area contributed by atoms with Crippen molar-refractivity contribution >= 4 is 16.7 Å². The first-order chi connectivity index (χ1) is 9.74. The predicted octanol–water partition coefficient (Wildman–Crippen LogP) is 0.323. The summed E-state index contributed by atoms with van der Waals surface area (Å²) in [6.45, 7) is 2.39. The third-order valence-electron chi connectivity index (χ3n) is 3.48. The molecule has 1 aromatic heterocycles. The first kappa shape index (κ1) is 15.4. The molecule has 21 heavy (non-hydrogen) atoms. The molecule has 0 aliphatic rings. The average Bonchev–Trinajstić information content (AvgIpc) is 2.48. The number of ketones is 1. The van der Waals surface area contributed by atoms with Crippen LogP contribution in [-0.2, 0) is 6.54 Å². The number of rotatable bonds is 3. The second-order valence-electron chi connectivity index (χ2n) is 4.98. The van der Waals surface area contributed by atoms with Crippen molar-refractivity contribution in [2.24, 2.45) is 0 Å². The van der Waals surface area contributed by atoms with E-state index >= 15 is 0 Å². The van der Waals surface area contributed by atoms with Crippen molar-refractivity contribution in [1.29, 1.82) is 0 Å². The molecule has 0 N–H and O–H groups in total. The summed E-state index contributed by atoms with van der Waals surface area (Å²) >= 11 is 0. The summed E-state index contributed by atoms with van der Waals surface area (Å²) in [6, 6.07) is 19.9. The molecule has 3 aromatic rings. The molecule has 0 bridgehead atoms. The maximum Gasteiger partial charge on any atom is 0.227 e. The molecule has 0 amide bonds. The molecule has 0 saturated carbocycles. The van der Waals surface area contributed by atoms with Crippen molar-refractivity contribution in [3.8, 4) is 0 Å². The van der Waals surface area contributed by atoms with Crippen LogP contribution in [0.4, 0.5) is 0 Å². The number of pyridine rings is 1. The van der Waals surface area contributed by atoms with E-state index in [1.165, 1.54) is 5.56 Å². The quantitative estimate of drug-likeness (QED) is 0.496. The summed E-state index contributed by atoms with van der Waals surface area (Å²) in [4.78, 5) is 12.3. The van der Waals surface area contributed by atoms with Gasteiger partial charge in [-0.3, -0.25) is 4.79 Å². The van der Waals surface area contributed by atoms with E-state index in [0.29, 0.717) is 6.54 Å². The number of carbonyl (C=O) groups is 1. The molecule has 0 atom stereocenters. The van der Waals surface area contributed by atoms with Gasteiger partial charge in [-0.05, 0) is 19.1 Å². The van der Waals surface area contributed by atoms with Gasteiger partial charge in [0.25, 0.3) is 0 Å². The van der Waals surface area contributed by atoms with Crippen molar-refractivity contribution in [3.05, 3.63) is 78.0 Å². The lowest BCUT2D eigenvalue weighted by Gasteiger charge is -2.02. The molecular weight excluding hydrogens is 326 g/mol. The van der Waals surface area contributed by atoms with E-state index in [4.69, 9.17) is 0 Å². The van der Waals surface area contributed by atoms with E-state index in [1.54, 1.807) is 0 Å². The molecule has 0 saturated heterocycles. The first-order valence-corrected chi connectivity index (χ1v) is 6.71. The minimum atomic E-state index is 0. The fourth-order valence-corrected chi connectivity index (χ4v) is 2.34. The van der Waals surface area contributed by atoms with E-state index in [1.807, 2.05) is 66.2 Å². The SMILES string of the molecule is Cc1ccc(C(=O)C[n+]2cccc3ccccc32)cc1.[Br-]. The molecule has 0 aliphatic heterocycles. The molecule has 3 rings (SSSR count). The Morgan fingerprint density at radius 3 is 2.38 bits per heavy atom. The predicted molar refractivity (Wildman–Crippen MR) is 79.7 cm³/mol. The van der Waals surface area contributed by atoms with Gasteiger partial charge >= 0.3 is 0 Å². The van der Waals surface area contributed by atoms with Crippen LogP contribution in [-0.4, -0.2) is 5.78 Å². The number of hydrogen-bond acceptors (Lipinski definition) is 1. The van der Waals surface area contributed by atoms with Crippen LogP contribution < -0.4 is 21.5 Å². The number of nitrogens with zero attached hydrogens (tertiary/aromatic N) is 1. The van der Waals surface area contributed by atoms with Crippen LogP contribution in [0.25, 0.3) is 10.9 Å². The zero-order chi connectivity index (χ0) is 13.9. The Kier molecular flexibility index (Phi) is 4.86. The van der Waals surface area contributed by atoms with Crippen LogP contribution in [0.2, 0.25) is 0 Å². The fourth-order valence-electron chi connectivity index (χ4n) is 2.34. The fraction of sp³-hybridized carbons (Fsp3) is 0.111. The van der Waals surface area contributed by atoms with Crippen LogP contribution in [0.15, 0.2) is 66.9 Å². The molecule has 0 aliphatic carbocycles. The monoisotopic (exact) mass is 341 g/mol. The number of carbonyl (C=O) groups excluding carboxylic acids is 1. The lowest BCUT2D eigenvalue weighted by Crippen LogP contribution is -3.00. The van der Waals surface area contributed by atoms with Crippen molar-refractivity contribution in [3.63, 3.8) is 0 Å². The lowest BCUT2D eigenvalue weighted by molar-refractivity contribution is -0.657. The highest BCUT2D eigenvalue weighted by Gasteiger charge is 2.14. The third-order valence-corrected chi connectivity index (χ3v) is 3.48. The molecule has 0 radical (unpaired) electrons. The molecule has 1 heterocycles. The van der Waals surface area contributed by atoms with Gasteiger partial charge in [0.15, 0.2) is 6.20 Å². The number of aryl methyl sites for hydroxylation is 1. The van der Waals surface area contributed by atoms with Gasteiger partial charge in [-0.2, -0.15) is 4.57 Å². The van der Waals surface area contributed by atoms with Crippen molar-refractivity contribution in [1.82, 2.24) is 0 Å². The maximum absolute atomic E-state index is 12.3. The number of Topliss-reactive ketones (excluding diaryl/α,β-unsaturated/α-hetero) is 1. The minimum Gasteiger partial charge on any atom is -1.00 e. The van der Waals surface area contributed by atoms with Crippen molar-refractivity contribution in [2.45, 2.75) is 13.5 Å². The Balaban J connectivity index is 0.00000161. The number of para-hydroxylation sites is 1. The van der Waals surface area contributed by atoms with E-state index in [-0.39, 0.29) is 22.8 Å². The number of hydrogen-bond donors (Lipinski definition) is 0. The molecule has 0 fully saturated rings. The standard InChI is InChI=1S/C18H16NO.BrH/c1-14-8-10-16(11-9-14)18(20)13-19-12-4-6-15-5-2-3-7-17(15)19;/h2-12H,13H2,1H3;1H/q+1;/p-1. The second kappa shape index (κ2) is 6.64. The Morgan fingerprint density at radius 2 is 1.62 bits per heavy atom. The van der Waals surface area contributed by atoms with Crippen LogP contribution in [0.3, 0.4) is 0 Å². The number of halogens is 1. The maximum atomic E-state index is 12.3. The van der Waals surface area contributed by atoms with Crippen LogP contribution >= 0.6 is 0 Å². The average molecular weight is 342 g/mol. The highest BCUT2D eigenvalue weighted by atomic mass is 79.9. The molecule has 0 unspecified atom stereocenters. The molecular formula is C18H16BrNO. The molecule has 3 heteroatoms. The topological polar surface area (TPSA) is 20.9 Å². The smallest absolute Gasteiger partial charge is 0.227 e. The highest BCUT2D eigenvalue weighted by molar-refractivity contribution is 5.95. The van der Waals surface area contributed by atoms with Gasteiger partial charge in [-0.1, -0.05) is 42.0 Å². The van der Waals surface area contributed by atoms with E-state index in [9.17, 15) is 4.79 Å². The van der Waals surface area contributed by atoms with Gasteiger partial charge in [-0.15, -0.1) is 0 Å². The first-order valence-electron chi connectivity index (χ1n) is 6.71. The van der Waals surface area contributed by atoms with E-state index in [0.717, 1.165) is 16.5 Å². The van der Waals surface area contributed by atoms with Crippen LogP contribution in [0.5, 0.6) is 0 Å². The van der Waals surface area contributed by atoms with Gasteiger partial charge in [-0.25, -0.2) is 0 Å². The minimum absolute atomic E-state index is 0.